The van der Waals surface area contributed by atoms with Gasteiger partial charge in [-0.15, -0.1) is 0 Å². The van der Waals surface area contributed by atoms with Crippen LogP contribution in [0.1, 0.15) is 42.2 Å². The van der Waals surface area contributed by atoms with Crippen LogP contribution in [0.2, 0.25) is 5.15 Å². The first-order chi connectivity index (χ1) is 9.35. The number of carbonyl (C=O) groups excluding carboxylic acids is 1. The van der Waals surface area contributed by atoms with E-state index in [2.05, 4.69) is 10.3 Å². The number of rotatable bonds is 6. The highest BCUT2D eigenvalue weighted by atomic mass is 35.5. The highest BCUT2D eigenvalue weighted by Crippen LogP contribution is 2.17. The third-order valence-corrected chi connectivity index (χ3v) is 2.88. The van der Waals surface area contributed by atoms with E-state index >= 15 is 0 Å². The summed E-state index contributed by atoms with van der Waals surface area (Å²) in [5.74, 6) is -1.67. The van der Waals surface area contributed by atoms with Crippen molar-refractivity contribution in [2.45, 2.75) is 32.2 Å². The second-order valence-corrected chi connectivity index (χ2v) is 5.02. The van der Waals surface area contributed by atoms with E-state index in [9.17, 15) is 9.59 Å². The Morgan fingerprint density at radius 2 is 2.05 bits per heavy atom. The summed E-state index contributed by atoms with van der Waals surface area (Å²) in [5.41, 5.74) is 0.898. The first-order valence-electron chi connectivity index (χ1n) is 6.17. The minimum atomic E-state index is -1.20. The Bertz CT molecular complexity index is 505. The Hall–Kier alpha value is -1.66. The molecule has 0 aliphatic rings. The second-order valence-electron chi connectivity index (χ2n) is 4.63. The van der Waals surface area contributed by atoms with Gasteiger partial charge in [0.2, 0.25) is 0 Å². The number of hydrogen-bond donors (Lipinski definition) is 3. The molecule has 1 aromatic heterocycles. The van der Waals surface area contributed by atoms with E-state index < -0.39 is 17.9 Å². The quantitative estimate of drug-likeness (QED) is 0.690. The molecule has 0 saturated heterocycles. The number of pyridine rings is 1. The van der Waals surface area contributed by atoms with Gasteiger partial charge in [-0.25, -0.2) is 9.78 Å². The van der Waals surface area contributed by atoms with Gasteiger partial charge in [-0.2, -0.15) is 0 Å². The van der Waals surface area contributed by atoms with E-state index in [0.29, 0.717) is 5.69 Å². The lowest BCUT2D eigenvalue weighted by Crippen LogP contribution is -2.41. The smallest absolute Gasteiger partial charge is 0.326 e. The molecule has 0 radical (unpaired) electrons. The van der Waals surface area contributed by atoms with E-state index in [1.54, 1.807) is 6.07 Å². The number of aliphatic hydroxyl groups excluding tert-OH is 1. The molecule has 20 heavy (non-hydrogen) atoms. The summed E-state index contributed by atoms with van der Waals surface area (Å²) < 4.78 is 0. The van der Waals surface area contributed by atoms with E-state index in [4.69, 9.17) is 21.8 Å². The average Bonchev–Trinajstić information content (AvgIpc) is 2.37. The Kier molecular flexibility index (Phi) is 5.91. The van der Waals surface area contributed by atoms with Crippen molar-refractivity contribution in [3.8, 4) is 0 Å². The van der Waals surface area contributed by atoms with Gasteiger partial charge in [-0.1, -0.05) is 25.4 Å². The van der Waals surface area contributed by atoms with Crippen LogP contribution in [0.15, 0.2) is 12.1 Å². The first-order valence-corrected chi connectivity index (χ1v) is 6.55. The van der Waals surface area contributed by atoms with Gasteiger partial charge in [0.1, 0.15) is 11.2 Å². The fourth-order valence-electron chi connectivity index (χ4n) is 1.57. The largest absolute Gasteiger partial charge is 0.480 e. The molecule has 3 N–H and O–H groups in total. The van der Waals surface area contributed by atoms with Crippen LogP contribution in [0.25, 0.3) is 0 Å². The van der Waals surface area contributed by atoms with Gasteiger partial charge >= 0.3 is 5.97 Å². The molecule has 0 aromatic carbocycles. The van der Waals surface area contributed by atoms with E-state index in [1.807, 2.05) is 13.8 Å². The van der Waals surface area contributed by atoms with Gasteiger partial charge in [0.15, 0.2) is 0 Å². The van der Waals surface area contributed by atoms with Gasteiger partial charge in [0.05, 0.1) is 0 Å². The molecule has 1 aromatic rings. The molecule has 0 fully saturated rings. The fraction of sp³-hybridized carbons (Fsp3) is 0.462. The maximum atomic E-state index is 12.0. The van der Waals surface area contributed by atoms with Crippen molar-refractivity contribution in [2.75, 3.05) is 6.61 Å². The van der Waals surface area contributed by atoms with Crippen LogP contribution >= 0.6 is 11.6 Å². The molecule has 110 valence electrons. The van der Waals surface area contributed by atoms with Gasteiger partial charge in [-0.3, -0.25) is 4.79 Å². The number of carboxylic acids is 1. The third-order valence-electron chi connectivity index (χ3n) is 2.69. The van der Waals surface area contributed by atoms with Crippen LogP contribution in [0.4, 0.5) is 0 Å². The summed E-state index contributed by atoms with van der Waals surface area (Å²) in [6.07, 6.45) is -0.0586. The molecule has 1 amide bonds. The van der Waals surface area contributed by atoms with Gasteiger partial charge in [0.25, 0.3) is 5.91 Å². The van der Waals surface area contributed by atoms with Crippen molar-refractivity contribution in [2.24, 2.45) is 0 Å². The van der Waals surface area contributed by atoms with Gasteiger partial charge in [-0.05, 0) is 18.1 Å². The SMILES string of the molecule is CC(C)c1cc(C(=O)N[C@@H](CCO)C(=O)O)cc(Cl)n1. The van der Waals surface area contributed by atoms with E-state index in [-0.39, 0.29) is 29.7 Å². The molecule has 6 nitrogen and oxygen atoms in total. The monoisotopic (exact) mass is 300 g/mol. The number of halogens is 1. The third kappa shape index (κ3) is 4.47. The van der Waals surface area contributed by atoms with Crippen molar-refractivity contribution in [1.29, 1.82) is 0 Å². The summed E-state index contributed by atoms with van der Waals surface area (Å²) in [7, 11) is 0. The number of nitrogens with zero attached hydrogens (tertiary/aromatic N) is 1. The number of carbonyl (C=O) groups is 2. The van der Waals surface area contributed by atoms with Crippen LogP contribution in [-0.2, 0) is 4.79 Å². The highest BCUT2D eigenvalue weighted by Gasteiger charge is 2.20. The molecule has 0 unspecified atom stereocenters. The van der Waals surface area contributed by atoms with Crippen LogP contribution < -0.4 is 5.32 Å². The molecule has 0 aliphatic carbocycles. The average molecular weight is 301 g/mol. The van der Waals surface area contributed by atoms with Gasteiger partial charge in [0, 0.05) is 24.3 Å². The topological polar surface area (TPSA) is 99.5 Å². The lowest BCUT2D eigenvalue weighted by Gasteiger charge is -2.14. The maximum absolute atomic E-state index is 12.0. The van der Waals surface area contributed by atoms with Crippen molar-refractivity contribution in [3.05, 3.63) is 28.5 Å². The van der Waals surface area contributed by atoms with Crippen molar-refractivity contribution >= 4 is 23.5 Å². The standard InChI is InChI=1S/C13H17ClN2O4/c1-7(2)10-5-8(6-11(14)15-10)12(18)16-9(3-4-17)13(19)20/h5-7,9,17H,3-4H2,1-2H3,(H,16,18)(H,19,20)/t9-/m0/s1. The van der Waals surface area contributed by atoms with Crippen LogP contribution in [0, 0.1) is 0 Å². The number of aromatic nitrogens is 1. The van der Waals surface area contributed by atoms with Crippen molar-refractivity contribution < 1.29 is 19.8 Å². The number of hydrogen-bond acceptors (Lipinski definition) is 4. The normalized spacial score (nSPS) is 12.2. The minimum Gasteiger partial charge on any atom is -0.480 e. The molecule has 1 rings (SSSR count). The van der Waals surface area contributed by atoms with Crippen LogP contribution in [-0.4, -0.2) is 39.7 Å². The maximum Gasteiger partial charge on any atom is 0.326 e. The molecule has 1 atom stereocenters. The summed E-state index contributed by atoms with van der Waals surface area (Å²) in [6.45, 7) is 3.49. The summed E-state index contributed by atoms with van der Waals surface area (Å²) in [6, 6.07) is 1.81. The number of amides is 1. The number of aliphatic carboxylic acids is 1. The van der Waals surface area contributed by atoms with E-state index in [0.717, 1.165) is 0 Å². The zero-order chi connectivity index (χ0) is 15.3. The Morgan fingerprint density at radius 3 is 2.55 bits per heavy atom. The zero-order valence-electron chi connectivity index (χ0n) is 11.3. The minimum absolute atomic E-state index is 0.0586. The molecule has 7 heteroatoms. The van der Waals surface area contributed by atoms with Gasteiger partial charge < -0.3 is 15.5 Å². The number of nitrogens with one attached hydrogen (secondary N) is 1. The zero-order valence-corrected chi connectivity index (χ0v) is 12.0. The molecular formula is C13H17ClN2O4. The van der Waals surface area contributed by atoms with Crippen molar-refractivity contribution in [3.63, 3.8) is 0 Å². The molecular weight excluding hydrogens is 284 g/mol. The fourth-order valence-corrected chi connectivity index (χ4v) is 1.79. The predicted octanol–water partition coefficient (Wildman–Crippen LogP) is 1.42. The lowest BCUT2D eigenvalue weighted by atomic mass is 10.1. The first kappa shape index (κ1) is 16.4. The molecule has 0 bridgehead atoms. The van der Waals surface area contributed by atoms with Crippen LogP contribution in [0.3, 0.4) is 0 Å². The molecule has 1 heterocycles. The molecule has 0 aliphatic heterocycles. The lowest BCUT2D eigenvalue weighted by molar-refractivity contribution is -0.139. The Labute approximate surface area is 121 Å². The summed E-state index contributed by atoms with van der Waals surface area (Å²) in [4.78, 5) is 27.0. The molecule has 0 saturated carbocycles. The summed E-state index contributed by atoms with van der Waals surface area (Å²) >= 11 is 5.85. The highest BCUT2D eigenvalue weighted by molar-refractivity contribution is 6.29. The Morgan fingerprint density at radius 1 is 1.40 bits per heavy atom. The number of carboxylic acid groups (broad SMARTS) is 1. The van der Waals surface area contributed by atoms with Crippen LogP contribution in [0.5, 0.6) is 0 Å². The molecule has 0 spiro atoms. The van der Waals surface area contributed by atoms with Crippen molar-refractivity contribution in [1.82, 2.24) is 10.3 Å². The van der Waals surface area contributed by atoms with E-state index in [1.165, 1.54) is 6.07 Å². The predicted molar refractivity (Wildman–Crippen MR) is 73.9 cm³/mol. The number of aliphatic hydroxyl groups is 1. The summed E-state index contributed by atoms with van der Waals surface area (Å²) in [5, 5.41) is 20.2. The second kappa shape index (κ2) is 7.21. The Balaban J connectivity index is 2.94.